The monoisotopic (exact) mass is 289 g/mol. The molecule has 0 saturated carbocycles. The average Bonchev–Trinajstić information content (AvgIpc) is 2.30. The molecule has 1 radical (unpaired) electrons. The summed E-state index contributed by atoms with van der Waals surface area (Å²) in [6, 6.07) is 9.51. The molecule has 1 aromatic carbocycles. The van der Waals surface area contributed by atoms with Crippen LogP contribution in [-0.2, 0) is 42.3 Å². The minimum atomic E-state index is -0.155. The molecule has 1 aromatic rings. The summed E-state index contributed by atoms with van der Waals surface area (Å²) in [5.74, 6) is -0.222. The number of amides is 1. The van der Waals surface area contributed by atoms with Crippen molar-refractivity contribution < 1.29 is 42.3 Å². The van der Waals surface area contributed by atoms with E-state index in [0.717, 1.165) is 5.56 Å². The minimum Gasteiger partial charge on any atom is -0.419 e. The number of rotatable bonds is 2. The maximum Gasteiger partial charge on any atom is 0.208 e. The van der Waals surface area contributed by atoms with Crippen molar-refractivity contribution in [3.8, 4) is 0 Å². The molecule has 0 bridgehead atoms. The molecular weight excluding hydrogens is 279 g/mol. The first-order chi connectivity index (χ1) is 7.31. The van der Waals surface area contributed by atoms with E-state index in [2.05, 4.69) is 5.32 Å². The van der Waals surface area contributed by atoms with Crippen LogP contribution >= 0.6 is 0 Å². The third kappa shape index (κ3) is 2.86. The van der Waals surface area contributed by atoms with Gasteiger partial charge in [0.1, 0.15) is 0 Å². The Morgan fingerprint density at radius 2 is 1.94 bits per heavy atom. The largest absolute Gasteiger partial charge is 0.419 e. The second kappa shape index (κ2) is 6.07. The van der Waals surface area contributed by atoms with Gasteiger partial charge in [-0.15, -0.1) is 6.20 Å². The molecule has 1 heterocycles. The van der Waals surface area contributed by atoms with Gasteiger partial charge in [-0.25, -0.2) is 0 Å². The molecule has 16 heavy (non-hydrogen) atoms. The Bertz CT molecular complexity index is 414. The molecule has 0 spiro atoms. The summed E-state index contributed by atoms with van der Waals surface area (Å²) in [6.07, 6.45) is 3.62. The van der Waals surface area contributed by atoms with Crippen LogP contribution in [0.25, 0.3) is 0 Å². The topological polar surface area (TPSA) is 46.2 Å². The number of benzene rings is 1. The zero-order valence-electron chi connectivity index (χ0n) is 8.64. The first-order valence-corrected chi connectivity index (χ1v) is 4.74. The normalized spacial score (nSPS) is 19.1. The molecule has 1 amide bonds. The quantitative estimate of drug-likeness (QED) is 0.834. The van der Waals surface area contributed by atoms with E-state index in [1.165, 1.54) is 6.20 Å². The van der Waals surface area contributed by atoms with Gasteiger partial charge < -0.3 is 10.1 Å². The Labute approximate surface area is 119 Å². The summed E-state index contributed by atoms with van der Waals surface area (Å²) in [5, 5.41) is 2.52. The van der Waals surface area contributed by atoms with E-state index in [0.29, 0.717) is 12.0 Å². The average molecular weight is 289 g/mol. The van der Waals surface area contributed by atoms with E-state index >= 15 is 0 Å². The van der Waals surface area contributed by atoms with Gasteiger partial charge in [-0.1, -0.05) is 30.3 Å². The maximum absolute atomic E-state index is 11.2. The van der Waals surface area contributed by atoms with Crippen LogP contribution < -0.4 is 5.32 Å². The molecule has 1 atom stereocenters. The molecule has 1 aliphatic rings. The molecule has 0 fully saturated rings. The van der Waals surface area contributed by atoms with Crippen molar-refractivity contribution in [2.45, 2.75) is 12.3 Å². The van der Waals surface area contributed by atoms with Crippen LogP contribution in [-0.4, -0.2) is 12.2 Å². The number of nitrogens with one attached hydrogen (secondary N) is 1. The fourth-order valence-electron chi connectivity index (χ4n) is 1.70. The van der Waals surface area contributed by atoms with Crippen LogP contribution in [0, 0.1) is 0 Å². The Hall–Kier alpha value is -0.796. The smallest absolute Gasteiger partial charge is 0.208 e. The molecule has 0 aliphatic carbocycles. The van der Waals surface area contributed by atoms with Gasteiger partial charge in [0.15, 0.2) is 0 Å². The summed E-state index contributed by atoms with van der Waals surface area (Å²) in [4.78, 5) is 21.9. The van der Waals surface area contributed by atoms with Gasteiger partial charge in [0.05, 0.1) is 0 Å². The second-order valence-electron chi connectivity index (χ2n) is 3.44. The van der Waals surface area contributed by atoms with Crippen molar-refractivity contribution in [2.75, 3.05) is 0 Å². The van der Waals surface area contributed by atoms with Crippen molar-refractivity contribution in [3.63, 3.8) is 0 Å². The van der Waals surface area contributed by atoms with Gasteiger partial charge >= 0.3 is 0 Å². The Kier molecular flexibility index (Phi) is 5.03. The van der Waals surface area contributed by atoms with Crippen molar-refractivity contribution in [2.24, 2.45) is 0 Å². The standard InChI is InChI=1S/C12H10NO2.Y/c14-8-10-7-13-12(15)6-11(10)9-4-2-1-3-5-9;/h1-5,7,11H,6H2,(H,13,15);/q-1;. The molecular formula is C12H10NO2Y-. The molecule has 4 heteroatoms. The Morgan fingerprint density at radius 3 is 2.56 bits per heavy atom. The zero-order chi connectivity index (χ0) is 10.7. The van der Waals surface area contributed by atoms with E-state index in [4.69, 9.17) is 0 Å². The van der Waals surface area contributed by atoms with Gasteiger partial charge in [0.25, 0.3) is 0 Å². The first-order valence-electron chi connectivity index (χ1n) is 4.74. The third-order valence-electron chi connectivity index (χ3n) is 2.47. The molecule has 1 N–H and O–H groups in total. The molecule has 2 rings (SSSR count). The van der Waals surface area contributed by atoms with Gasteiger partial charge in [0, 0.05) is 39.1 Å². The molecule has 3 nitrogen and oxygen atoms in total. The fraction of sp³-hybridized carbons (Fsp3) is 0.167. The van der Waals surface area contributed by atoms with Crippen molar-refractivity contribution in [1.82, 2.24) is 5.32 Å². The number of hydrogen-bond acceptors (Lipinski definition) is 2. The Morgan fingerprint density at radius 1 is 1.25 bits per heavy atom. The van der Waals surface area contributed by atoms with E-state index in [1.807, 2.05) is 36.6 Å². The first kappa shape index (κ1) is 13.3. The van der Waals surface area contributed by atoms with Gasteiger partial charge in [0.2, 0.25) is 5.91 Å². The summed E-state index contributed by atoms with van der Waals surface area (Å²) in [7, 11) is 0. The summed E-state index contributed by atoms with van der Waals surface area (Å²) in [6.45, 7) is 0. The second-order valence-corrected chi connectivity index (χ2v) is 3.44. The van der Waals surface area contributed by atoms with E-state index < -0.39 is 0 Å². The number of carbonyl (C=O) groups is 1. The molecule has 79 valence electrons. The predicted molar refractivity (Wildman–Crippen MR) is 55.7 cm³/mol. The number of hydrogen-bond donors (Lipinski definition) is 1. The van der Waals surface area contributed by atoms with Gasteiger partial charge in [-0.2, -0.15) is 5.57 Å². The molecule has 1 aliphatic heterocycles. The van der Waals surface area contributed by atoms with Crippen LogP contribution in [0.4, 0.5) is 0 Å². The maximum atomic E-state index is 11.2. The van der Waals surface area contributed by atoms with Crippen LogP contribution in [0.1, 0.15) is 17.9 Å². The van der Waals surface area contributed by atoms with Crippen LogP contribution in [0.5, 0.6) is 0 Å². The van der Waals surface area contributed by atoms with Gasteiger partial charge in [-0.3, -0.25) is 4.79 Å². The summed E-state index contributed by atoms with van der Waals surface area (Å²) in [5.41, 5.74) is 1.47. The molecule has 1 unspecified atom stereocenters. The summed E-state index contributed by atoms with van der Waals surface area (Å²) < 4.78 is 0. The predicted octanol–water partition coefficient (Wildman–Crippen LogP) is 1.28. The fourth-order valence-corrected chi connectivity index (χ4v) is 1.70. The zero-order valence-corrected chi connectivity index (χ0v) is 11.5. The van der Waals surface area contributed by atoms with Crippen LogP contribution in [0.3, 0.4) is 0 Å². The molecule has 0 saturated heterocycles. The summed E-state index contributed by atoms with van der Waals surface area (Å²) >= 11 is 0. The number of carbonyl (C=O) groups excluding carboxylic acids is 2. The van der Waals surface area contributed by atoms with E-state index in [9.17, 15) is 9.59 Å². The third-order valence-corrected chi connectivity index (χ3v) is 2.47. The van der Waals surface area contributed by atoms with Crippen LogP contribution in [0.15, 0.2) is 42.1 Å². The van der Waals surface area contributed by atoms with Crippen molar-refractivity contribution in [1.29, 1.82) is 0 Å². The minimum absolute atomic E-state index is 0. The Balaban J connectivity index is 0.00000128. The van der Waals surface area contributed by atoms with E-state index in [-0.39, 0.29) is 44.5 Å². The molecule has 0 aromatic heterocycles. The van der Waals surface area contributed by atoms with Gasteiger partial charge in [-0.05, 0) is 17.8 Å². The number of allylic oxidation sites excluding steroid dienone is 1. The SMILES string of the molecule is O=[C-]C1=CNC(=O)CC1c1ccccc1.[Y]. The van der Waals surface area contributed by atoms with E-state index in [1.54, 1.807) is 0 Å². The van der Waals surface area contributed by atoms with Crippen molar-refractivity contribution in [3.05, 3.63) is 47.7 Å². The van der Waals surface area contributed by atoms with Crippen LogP contribution in [0.2, 0.25) is 0 Å². The van der Waals surface area contributed by atoms with Crippen molar-refractivity contribution >= 4 is 12.2 Å².